The van der Waals surface area contributed by atoms with Crippen LogP contribution < -0.4 is 10.6 Å². The lowest BCUT2D eigenvalue weighted by atomic mass is 9.95. The highest BCUT2D eigenvalue weighted by atomic mass is 16.5. The molecule has 8 heteroatoms. The first-order chi connectivity index (χ1) is 18.6. The van der Waals surface area contributed by atoms with Gasteiger partial charge in [-0.1, -0.05) is 57.0 Å². The zero-order valence-corrected chi connectivity index (χ0v) is 23.0. The van der Waals surface area contributed by atoms with E-state index in [1.54, 1.807) is 12.1 Å². The number of nitrogens with one attached hydrogen (secondary N) is 2. The number of terminal acetylenes is 1. The van der Waals surface area contributed by atoms with Crippen molar-refractivity contribution in [1.82, 2.24) is 10.6 Å². The van der Waals surface area contributed by atoms with E-state index in [0.717, 1.165) is 5.56 Å². The molecule has 0 spiro atoms. The molecule has 0 bridgehead atoms. The summed E-state index contributed by atoms with van der Waals surface area (Å²) in [5, 5.41) is 5.28. The van der Waals surface area contributed by atoms with Gasteiger partial charge >= 0.3 is 5.97 Å². The SMILES string of the molecule is C#CC#CC#CCC(NC(=O)C(CC)CC)C(=O)CC(C)C(=O)NC(CC(=O)OCc1ccccc1)C(C)=O. The van der Waals surface area contributed by atoms with Gasteiger partial charge in [0.25, 0.3) is 0 Å². The summed E-state index contributed by atoms with van der Waals surface area (Å²) < 4.78 is 5.21. The fraction of sp³-hybridized carbons (Fsp3) is 0.452. The number of hydrogen-bond donors (Lipinski definition) is 2. The molecule has 2 N–H and O–H groups in total. The van der Waals surface area contributed by atoms with Gasteiger partial charge in [-0.25, -0.2) is 0 Å². The third-order valence-electron chi connectivity index (χ3n) is 6.03. The molecular formula is C31H36N2O6. The quantitative estimate of drug-likeness (QED) is 0.265. The number of rotatable bonds is 15. The van der Waals surface area contributed by atoms with Gasteiger partial charge in [0.15, 0.2) is 11.6 Å². The molecule has 0 saturated carbocycles. The van der Waals surface area contributed by atoms with Crippen LogP contribution in [0.3, 0.4) is 0 Å². The second kappa shape index (κ2) is 18.0. The Bertz CT molecular complexity index is 1170. The Morgan fingerprint density at radius 2 is 1.54 bits per heavy atom. The Kier molecular flexibility index (Phi) is 15.1. The summed E-state index contributed by atoms with van der Waals surface area (Å²) in [5.74, 6) is 8.81. The van der Waals surface area contributed by atoms with Crippen LogP contribution in [0.4, 0.5) is 0 Å². The summed E-state index contributed by atoms with van der Waals surface area (Å²) in [6.07, 6.45) is 5.75. The van der Waals surface area contributed by atoms with E-state index in [1.165, 1.54) is 13.8 Å². The second-order valence-corrected chi connectivity index (χ2v) is 9.07. The summed E-state index contributed by atoms with van der Waals surface area (Å²) in [5.41, 5.74) is 0.792. The monoisotopic (exact) mass is 532 g/mol. The van der Waals surface area contributed by atoms with Crippen LogP contribution in [0.1, 0.15) is 65.4 Å². The molecule has 0 aliphatic rings. The second-order valence-electron chi connectivity index (χ2n) is 9.07. The molecule has 0 aromatic heterocycles. The molecular weight excluding hydrogens is 496 g/mol. The van der Waals surface area contributed by atoms with Crippen molar-refractivity contribution >= 4 is 29.4 Å². The summed E-state index contributed by atoms with van der Waals surface area (Å²) in [6.45, 7) is 6.60. The lowest BCUT2D eigenvalue weighted by molar-refractivity contribution is -0.147. The zero-order valence-electron chi connectivity index (χ0n) is 23.0. The van der Waals surface area contributed by atoms with Gasteiger partial charge in [0.2, 0.25) is 11.8 Å². The van der Waals surface area contributed by atoms with E-state index in [-0.39, 0.29) is 37.7 Å². The molecule has 39 heavy (non-hydrogen) atoms. The number of ketones is 2. The average molecular weight is 533 g/mol. The van der Waals surface area contributed by atoms with Crippen molar-refractivity contribution in [3.8, 4) is 36.0 Å². The molecule has 3 atom stereocenters. The molecule has 8 nitrogen and oxygen atoms in total. The van der Waals surface area contributed by atoms with Crippen molar-refractivity contribution < 1.29 is 28.7 Å². The molecule has 1 aromatic carbocycles. The number of benzene rings is 1. The highest BCUT2D eigenvalue weighted by molar-refractivity contribution is 5.95. The Morgan fingerprint density at radius 1 is 0.897 bits per heavy atom. The van der Waals surface area contributed by atoms with E-state index in [0.29, 0.717) is 12.8 Å². The van der Waals surface area contributed by atoms with Crippen LogP contribution in [0.15, 0.2) is 30.3 Å². The highest BCUT2D eigenvalue weighted by Gasteiger charge is 2.29. The van der Waals surface area contributed by atoms with Gasteiger partial charge < -0.3 is 15.4 Å². The van der Waals surface area contributed by atoms with Crippen LogP contribution in [0, 0.1) is 47.9 Å². The average Bonchev–Trinajstić information content (AvgIpc) is 2.91. The maximum atomic E-state index is 13.1. The molecule has 0 aliphatic carbocycles. The topological polar surface area (TPSA) is 119 Å². The lowest BCUT2D eigenvalue weighted by Crippen LogP contribution is -2.46. The summed E-state index contributed by atoms with van der Waals surface area (Å²) in [7, 11) is 0. The number of esters is 1. The first-order valence-corrected chi connectivity index (χ1v) is 12.9. The summed E-state index contributed by atoms with van der Waals surface area (Å²) in [6, 6.07) is 7.03. The zero-order chi connectivity index (χ0) is 29.2. The van der Waals surface area contributed by atoms with E-state index >= 15 is 0 Å². The standard InChI is InChI=1S/C31H36N2O6/c1-6-9-10-11-15-18-26(32-31(38)25(7-2)8-3)28(35)19-22(4)30(37)33-27(23(5)34)20-29(36)39-21-24-16-13-12-14-17-24/h1,12-14,16-17,22,25-27H,7-8,18-21H2,2-5H3,(H,32,38)(H,33,37). The third kappa shape index (κ3) is 12.6. The molecule has 0 radical (unpaired) electrons. The van der Waals surface area contributed by atoms with E-state index in [2.05, 4.69) is 40.2 Å². The van der Waals surface area contributed by atoms with Gasteiger partial charge in [0.05, 0.1) is 18.5 Å². The molecule has 1 rings (SSSR count). The van der Waals surface area contributed by atoms with Crippen molar-refractivity contribution in [3.05, 3.63) is 35.9 Å². The first-order valence-electron chi connectivity index (χ1n) is 12.9. The van der Waals surface area contributed by atoms with Crippen molar-refractivity contribution in [2.24, 2.45) is 11.8 Å². The normalized spacial score (nSPS) is 12.2. The summed E-state index contributed by atoms with van der Waals surface area (Å²) >= 11 is 0. The molecule has 3 unspecified atom stereocenters. The Labute approximate surface area is 231 Å². The molecule has 0 saturated heterocycles. The van der Waals surface area contributed by atoms with Gasteiger partial charge in [-0.3, -0.25) is 24.0 Å². The third-order valence-corrected chi connectivity index (χ3v) is 6.03. The smallest absolute Gasteiger partial charge is 0.308 e. The fourth-order valence-electron chi connectivity index (χ4n) is 3.57. The molecule has 0 heterocycles. The fourth-order valence-corrected chi connectivity index (χ4v) is 3.57. The molecule has 0 fully saturated rings. The van der Waals surface area contributed by atoms with Gasteiger partial charge in [-0.05, 0) is 49.0 Å². The predicted molar refractivity (Wildman–Crippen MR) is 147 cm³/mol. The van der Waals surface area contributed by atoms with Crippen molar-refractivity contribution in [2.45, 2.75) is 78.5 Å². The van der Waals surface area contributed by atoms with Crippen molar-refractivity contribution in [2.75, 3.05) is 0 Å². The number of amides is 2. The van der Waals surface area contributed by atoms with E-state index < -0.39 is 41.4 Å². The molecule has 0 aliphatic heterocycles. The number of hydrogen-bond acceptors (Lipinski definition) is 6. The van der Waals surface area contributed by atoms with Crippen molar-refractivity contribution in [1.29, 1.82) is 0 Å². The largest absolute Gasteiger partial charge is 0.461 e. The van der Waals surface area contributed by atoms with Crippen LogP contribution in [-0.4, -0.2) is 41.4 Å². The van der Waals surface area contributed by atoms with Crippen molar-refractivity contribution in [3.63, 3.8) is 0 Å². The Morgan fingerprint density at radius 3 is 2.13 bits per heavy atom. The number of carbonyl (C=O) groups is 5. The van der Waals surface area contributed by atoms with Crippen LogP contribution in [0.2, 0.25) is 0 Å². The predicted octanol–water partition coefficient (Wildman–Crippen LogP) is 2.74. The minimum absolute atomic E-state index is 0.00163. The van der Waals surface area contributed by atoms with Crippen LogP contribution >= 0.6 is 0 Å². The highest BCUT2D eigenvalue weighted by Crippen LogP contribution is 2.12. The maximum Gasteiger partial charge on any atom is 0.308 e. The van der Waals surface area contributed by atoms with E-state index in [1.807, 2.05) is 32.0 Å². The number of carbonyl (C=O) groups excluding carboxylic acids is 5. The molecule has 206 valence electrons. The van der Waals surface area contributed by atoms with Crippen LogP contribution in [-0.2, 0) is 35.3 Å². The van der Waals surface area contributed by atoms with Crippen LogP contribution in [0.5, 0.6) is 0 Å². The Balaban J connectivity index is 2.81. The number of Topliss-reactive ketones (excluding diaryl/α,β-unsaturated/α-hetero) is 2. The summed E-state index contributed by atoms with van der Waals surface area (Å²) in [4.78, 5) is 62.9. The lowest BCUT2D eigenvalue weighted by Gasteiger charge is -2.22. The van der Waals surface area contributed by atoms with E-state index in [9.17, 15) is 24.0 Å². The molecule has 2 amide bonds. The van der Waals surface area contributed by atoms with Gasteiger partial charge in [-0.2, -0.15) is 0 Å². The molecule has 1 aromatic rings. The van der Waals surface area contributed by atoms with Gasteiger partial charge in [0.1, 0.15) is 6.61 Å². The Hall–Kier alpha value is -4.35. The number of ether oxygens (including phenoxy) is 1. The first kappa shape index (κ1) is 32.7. The van der Waals surface area contributed by atoms with Gasteiger partial charge in [-0.15, -0.1) is 6.42 Å². The minimum atomic E-state index is -1.09. The van der Waals surface area contributed by atoms with Gasteiger partial charge in [0, 0.05) is 24.7 Å². The maximum absolute atomic E-state index is 13.1. The van der Waals surface area contributed by atoms with Crippen LogP contribution in [0.25, 0.3) is 0 Å². The van der Waals surface area contributed by atoms with E-state index in [4.69, 9.17) is 11.2 Å². The minimum Gasteiger partial charge on any atom is -0.461 e.